The van der Waals surface area contributed by atoms with Crippen LogP contribution in [0.5, 0.6) is 0 Å². The molecule has 0 fully saturated rings. The number of hydrogen-bond acceptors (Lipinski definition) is 2. The van der Waals surface area contributed by atoms with E-state index in [1.807, 2.05) is 25.1 Å². The molecule has 0 heterocycles. The summed E-state index contributed by atoms with van der Waals surface area (Å²) < 4.78 is 4.65. The first kappa shape index (κ1) is 13.2. The third-order valence-corrected chi connectivity index (χ3v) is 2.48. The lowest BCUT2D eigenvalue weighted by molar-refractivity contribution is 0.0601. The quantitative estimate of drug-likeness (QED) is 0.580. The third-order valence-electron chi connectivity index (χ3n) is 2.48. The van der Waals surface area contributed by atoms with Crippen molar-refractivity contribution in [2.24, 2.45) is 0 Å². The van der Waals surface area contributed by atoms with Gasteiger partial charge in [-0.15, -0.1) is 0 Å². The topological polar surface area (TPSA) is 26.3 Å². The van der Waals surface area contributed by atoms with Gasteiger partial charge in [0, 0.05) is 0 Å². The fourth-order valence-electron chi connectivity index (χ4n) is 1.43. The first-order chi connectivity index (χ1) is 8.19. The first-order valence-electron chi connectivity index (χ1n) is 5.71. The fraction of sp³-hybridized carbons (Fsp3) is 0.267. The summed E-state index contributed by atoms with van der Waals surface area (Å²) in [4.78, 5) is 11.3. The maximum atomic E-state index is 11.3. The summed E-state index contributed by atoms with van der Waals surface area (Å²) in [5.41, 5.74) is 2.86. The lowest BCUT2D eigenvalue weighted by Gasteiger charge is -2.02. The van der Waals surface area contributed by atoms with Gasteiger partial charge in [0.25, 0.3) is 0 Å². The van der Waals surface area contributed by atoms with Gasteiger partial charge in [0.2, 0.25) is 0 Å². The minimum Gasteiger partial charge on any atom is -0.465 e. The smallest absolute Gasteiger partial charge is 0.337 e. The Balaban J connectivity index is 2.83. The van der Waals surface area contributed by atoms with Crippen molar-refractivity contribution < 1.29 is 9.53 Å². The number of carbonyl (C=O) groups is 1. The van der Waals surface area contributed by atoms with Crippen LogP contribution in [0.1, 0.15) is 36.2 Å². The molecule has 0 atom stereocenters. The van der Waals surface area contributed by atoms with Crippen molar-refractivity contribution in [2.45, 2.75) is 20.3 Å². The average molecular weight is 230 g/mol. The van der Waals surface area contributed by atoms with Crippen LogP contribution in [0.15, 0.2) is 42.5 Å². The van der Waals surface area contributed by atoms with E-state index in [1.165, 1.54) is 12.7 Å². The second kappa shape index (κ2) is 6.69. The number of hydrogen-bond donors (Lipinski definition) is 0. The monoisotopic (exact) mass is 230 g/mol. The lowest BCUT2D eigenvalue weighted by Crippen LogP contribution is -2.00. The molecule has 0 radical (unpaired) electrons. The molecule has 0 aliphatic carbocycles. The molecule has 0 N–H and O–H groups in total. The van der Waals surface area contributed by atoms with Crippen molar-refractivity contribution in [1.82, 2.24) is 0 Å². The largest absolute Gasteiger partial charge is 0.465 e. The van der Waals surface area contributed by atoms with E-state index in [1.54, 1.807) is 12.1 Å². The number of allylic oxidation sites excluding steroid dienone is 4. The molecule has 0 saturated heterocycles. The van der Waals surface area contributed by atoms with Crippen LogP contribution in [0.4, 0.5) is 0 Å². The van der Waals surface area contributed by atoms with E-state index in [2.05, 4.69) is 23.8 Å². The Kier molecular flexibility index (Phi) is 5.21. The number of ether oxygens (including phenoxy) is 1. The minimum absolute atomic E-state index is 0.302. The normalized spacial score (nSPS) is 11.8. The van der Waals surface area contributed by atoms with Gasteiger partial charge in [0.15, 0.2) is 0 Å². The molecule has 90 valence electrons. The number of carbonyl (C=O) groups excluding carboxylic acids is 1. The van der Waals surface area contributed by atoms with Gasteiger partial charge in [-0.25, -0.2) is 4.79 Å². The SMILES string of the molecule is CC/C=C\C=C(/C)c1ccc(C(=O)OC)cc1. The van der Waals surface area contributed by atoms with E-state index in [0.29, 0.717) is 5.56 Å². The minimum atomic E-state index is -0.302. The fourth-order valence-corrected chi connectivity index (χ4v) is 1.43. The highest BCUT2D eigenvalue weighted by molar-refractivity contribution is 5.89. The molecule has 1 aromatic rings. The van der Waals surface area contributed by atoms with Gasteiger partial charge in [-0.05, 0) is 36.6 Å². The van der Waals surface area contributed by atoms with Crippen molar-refractivity contribution in [2.75, 3.05) is 7.11 Å². The van der Waals surface area contributed by atoms with Crippen LogP contribution in [-0.4, -0.2) is 13.1 Å². The second-order valence-corrected chi connectivity index (χ2v) is 3.76. The Morgan fingerprint density at radius 2 is 1.82 bits per heavy atom. The summed E-state index contributed by atoms with van der Waals surface area (Å²) in [7, 11) is 1.39. The van der Waals surface area contributed by atoms with Gasteiger partial charge in [-0.3, -0.25) is 0 Å². The van der Waals surface area contributed by atoms with Crippen LogP contribution in [0.25, 0.3) is 5.57 Å². The van der Waals surface area contributed by atoms with Gasteiger partial charge in [0.1, 0.15) is 0 Å². The standard InChI is InChI=1S/C15H18O2/c1-4-5-6-7-12(2)13-8-10-14(11-9-13)15(16)17-3/h5-11H,4H2,1-3H3/b6-5-,12-7+. The van der Waals surface area contributed by atoms with Crippen molar-refractivity contribution in [3.05, 3.63) is 53.6 Å². The molecule has 0 spiro atoms. The molecule has 0 bridgehead atoms. The zero-order valence-electron chi connectivity index (χ0n) is 10.6. The van der Waals surface area contributed by atoms with Crippen molar-refractivity contribution in [3.8, 4) is 0 Å². The number of benzene rings is 1. The highest BCUT2D eigenvalue weighted by Gasteiger charge is 2.04. The highest BCUT2D eigenvalue weighted by Crippen LogP contribution is 2.15. The van der Waals surface area contributed by atoms with E-state index in [9.17, 15) is 4.79 Å². The maximum absolute atomic E-state index is 11.3. The first-order valence-corrected chi connectivity index (χ1v) is 5.71. The summed E-state index contributed by atoms with van der Waals surface area (Å²) >= 11 is 0. The summed E-state index contributed by atoms with van der Waals surface area (Å²) in [5.74, 6) is -0.302. The Bertz CT molecular complexity index is 425. The van der Waals surface area contributed by atoms with Crippen LogP contribution in [0.2, 0.25) is 0 Å². The summed E-state index contributed by atoms with van der Waals surface area (Å²) in [5, 5.41) is 0. The molecule has 1 rings (SSSR count). The van der Waals surface area contributed by atoms with Crippen molar-refractivity contribution in [1.29, 1.82) is 0 Å². The Morgan fingerprint density at radius 1 is 1.24 bits per heavy atom. The van der Waals surface area contributed by atoms with Gasteiger partial charge >= 0.3 is 5.97 Å². The summed E-state index contributed by atoms with van der Waals surface area (Å²) in [6.07, 6.45) is 7.25. The second-order valence-electron chi connectivity index (χ2n) is 3.76. The molecule has 2 nitrogen and oxygen atoms in total. The maximum Gasteiger partial charge on any atom is 0.337 e. The molecule has 0 aliphatic rings. The zero-order chi connectivity index (χ0) is 12.7. The Hall–Kier alpha value is -1.83. The number of esters is 1. The van der Waals surface area contributed by atoms with Gasteiger partial charge in [-0.1, -0.05) is 37.3 Å². The van der Waals surface area contributed by atoms with E-state index < -0.39 is 0 Å². The molecular weight excluding hydrogens is 212 g/mol. The molecule has 2 heteroatoms. The van der Waals surface area contributed by atoms with Crippen LogP contribution in [0.3, 0.4) is 0 Å². The molecule has 1 aromatic carbocycles. The lowest BCUT2D eigenvalue weighted by atomic mass is 10.0. The molecule has 0 saturated carbocycles. The van der Waals surface area contributed by atoms with Crippen LogP contribution in [0, 0.1) is 0 Å². The van der Waals surface area contributed by atoms with Crippen molar-refractivity contribution in [3.63, 3.8) is 0 Å². The molecule has 17 heavy (non-hydrogen) atoms. The van der Waals surface area contributed by atoms with Crippen molar-refractivity contribution >= 4 is 11.5 Å². The average Bonchev–Trinajstić information content (AvgIpc) is 2.38. The van der Waals surface area contributed by atoms with Gasteiger partial charge in [0.05, 0.1) is 12.7 Å². The summed E-state index contributed by atoms with van der Waals surface area (Å²) in [6, 6.07) is 7.42. The molecular formula is C15H18O2. The molecule has 0 aliphatic heterocycles. The zero-order valence-corrected chi connectivity index (χ0v) is 10.6. The van der Waals surface area contributed by atoms with E-state index in [0.717, 1.165) is 12.0 Å². The summed E-state index contributed by atoms with van der Waals surface area (Å²) in [6.45, 7) is 4.15. The number of methoxy groups -OCH3 is 1. The van der Waals surface area contributed by atoms with Gasteiger partial charge in [-0.2, -0.15) is 0 Å². The van der Waals surface area contributed by atoms with Crippen LogP contribution >= 0.6 is 0 Å². The van der Waals surface area contributed by atoms with Gasteiger partial charge < -0.3 is 4.74 Å². The van der Waals surface area contributed by atoms with E-state index in [4.69, 9.17) is 0 Å². The predicted molar refractivity (Wildman–Crippen MR) is 70.9 cm³/mol. The third kappa shape index (κ3) is 3.91. The number of rotatable bonds is 4. The predicted octanol–water partition coefficient (Wildman–Crippen LogP) is 3.84. The van der Waals surface area contributed by atoms with E-state index in [-0.39, 0.29) is 5.97 Å². The van der Waals surface area contributed by atoms with Crippen LogP contribution in [-0.2, 0) is 4.74 Å². The Labute approximate surface area is 103 Å². The van der Waals surface area contributed by atoms with Crippen LogP contribution < -0.4 is 0 Å². The molecule has 0 amide bonds. The van der Waals surface area contributed by atoms with E-state index >= 15 is 0 Å². The highest BCUT2D eigenvalue weighted by atomic mass is 16.5. The Morgan fingerprint density at radius 3 is 2.35 bits per heavy atom. The molecule has 0 unspecified atom stereocenters. The molecule has 0 aromatic heterocycles.